The predicted octanol–water partition coefficient (Wildman–Crippen LogP) is 1.77. The van der Waals surface area contributed by atoms with E-state index in [0.717, 1.165) is 16.8 Å². The third-order valence-corrected chi connectivity index (χ3v) is 3.77. The van der Waals surface area contributed by atoms with Gasteiger partial charge in [0.25, 0.3) is 0 Å². The predicted molar refractivity (Wildman–Crippen MR) is 73.6 cm³/mol. The number of nitrogens with zero attached hydrogens (tertiary/aromatic N) is 1. The van der Waals surface area contributed by atoms with E-state index in [-0.39, 0.29) is 18.4 Å². The number of rotatable bonds is 3. The summed E-state index contributed by atoms with van der Waals surface area (Å²) in [5.41, 5.74) is 2.94. The first-order valence-electron chi connectivity index (χ1n) is 5.79. The molecule has 0 bridgehead atoms. The van der Waals surface area contributed by atoms with E-state index in [1.807, 2.05) is 32.0 Å². The summed E-state index contributed by atoms with van der Waals surface area (Å²) in [6, 6.07) is 5.92. The molecule has 1 fully saturated rings. The van der Waals surface area contributed by atoms with Gasteiger partial charge in [0.2, 0.25) is 11.8 Å². The van der Waals surface area contributed by atoms with Gasteiger partial charge in [0.1, 0.15) is 6.54 Å². The molecule has 4 nitrogen and oxygen atoms in total. The third kappa shape index (κ3) is 3.04. The Morgan fingerprint density at radius 3 is 2.89 bits per heavy atom. The van der Waals surface area contributed by atoms with Crippen LogP contribution in [-0.4, -0.2) is 34.9 Å². The highest BCUT2D eigenvalue weighted by Gasteiger charge is 2.22. The second-order valence-electron chi connectivity index (χ2n) is 4.44. The van der Waals surface area contributed by atoms with E-state index in [4.69, 9.17) is 0 Å². The highest BCUT2D eigenvalue weighted by atomic mass is 32.2. The van der Waals surface area contributed by atoms with E-state index < -0.39 is 0 Å². The second-order valence-corrected chi connectivity index (χ2v) is 5.39. The van der Waals surface area contributed by atoms with E-state index >= 15 is 0 Å². The quantitative estimate of drug-likeness (QED) is 0.905. The molecular formula is C13H16N2O2S. The maximum Gasteiger partial charge on any atom is 0.244 e. The molecule has 0 aliphatic carbocycles. The van der Waals surface area contributed by atoms with E-state index in [2.05, 4.69) is 5.32 Å². The van der Waals surface area contributed by atoms with Gasteiger partial charge in [-0.15, -0.1) is 11.8 Å². The van der Waals surface area contributed by atoms with Crippen LogP contribution in [0.15, 0.2) is 18.2 Å². The van der Waals surface area contributed by atoms with Crippen LogP contribution < -0.4 is 5.32 Å². The van der Waals surface area contributed by atoms with E-state index in [1.165, 1.54) is 0 Å². The molecule has 1 N–H and O–H groups in total. The van der Waals surface area contributed by atoms with Gasteiger partial charge in [0, 0.05) is 5.69 Å². The van der Waals surface area contributed by atoms with Crippen LogP contribution in [0.25, 0.3) is 0 Å². The van der Waals surface area contributed by atoms with Gasteiger partial charge in [-0.2, -0.15) is 0 Å². The van der Waals surface area contributed by atoms with Crippen molar-refractivity contribution in [1.29, 1.82) is 0 Å². The minimum atomic E-state index is -0.139. The van der Waals surface area contributed by atoms with Gasteiger partial charge in [-0.05, 0) is 31.0 Å². The maximum absolute atomic E-state index is 11.9. The van der Waals surface area contributed by atoms with Crippen LogP contribution in [0.3, 0.4) is 0 Å². The summed E-state index contributed by atoms with van der Waals surface area (Å²) >= 11 is 1.54. The lowest BCUT2D eigenvalue weighted by Crippen LogP contribution is -2.34. The molecule has 1 aromatic rings. The van der Waals surface area contributed by atoms with Gasteiger partial charge < -0.3 is 10.2 Å². The zero-order chi connectivity index (χ0) is 13.1. The van der Waals surface area contributed by atoms with Crippen molar-refractivity contribution in [2.75, 3.05) is 23.5 Å². The fourth-order valence-corrected chi connectivity index (χ4v) is 2.68. The molecule has 0 saturated carbocycles. The molecule has 1 heterocycles. The van der Waals surface area contributed by atoms with Crippen molar-refractivity contribution >= 4 is 29.3 Å². The first-order chi connectivity index (χ1) is 8.56. The number of anilines is 1. The number of carbonyl (C=O) groups is 2. The summed E-state index contributed by atoms with van der Waals surface area (Å²) in [6.07, 6.45) is 0. The average molecular weight is 264 g/mol. The van der Waals surface area contributed by atoms with E-state index in [0.29, 0.717) is 11.6 Å². The van der Waals surface area contributed by atoms with Gasteiger partial charge in [-0.1, -0.05) is 12.1 Å². The topological polar surface area (TPSA) is 49.4 Å². The summed E-state index contributed by atoms with van der Waals surface area (Å²) in [6.45, 7) is 4.07. The van der Waals surface area contributed by atoms with Crippen LogP contribution in [0.2, 0.25) is 0 Å². The molecule has 1 aliphatic rings. The molecule has 1 saturated heterocycles. The van der Waals surface area contributed by atoms with Crippen molar-refractivity contribution < 1.29 is 9.59 Å². The summed E-state index contributed by atoms with van der Waals surface area (Å²) < 4.78 is 0. The third-order valence-electron chi connectivity index (χ3n) is 2.83. The first-order valence-corrected chi connectivity index (χ1v) is 6.94. The Hall–Kier alpha value is -1.49. The molecule has 0 unspecified atom stereocenters. The number of carbonyl (C=O) groups excluding carboxylic acids is 2. The van der Waals surface area contributed by atoms with Crippen molar-refractivity contribution in [2.45, 2.75) is 13.8 Å². The Balaban J connectivity index is 1.98. The van der Waals surface area contributed by atoms with Crippen molar-refractivity contribution in [1.82, 2.24) is 4.90 Å². The fraction of sp³-hybridized carbons (Fsp3) is 0.385. The number of nitrogens with one attached hydrogen (secondary N) is 1. The number of hydrogen-bond donors (Lipinski definition) is 1. The summed E-state index contributed by atoms with van der Waals surface area (Å²) in [4.78, 5) is 24.8. The molecule has 0 radical (unpaired) electrons. The summed E-state index contributed by atoms with van der Waals surface area (Å²) in [5.74, 6) is 0.992. The SMILES string of the molecule is Cc1ccc(C)c(NC(=O)CN2CSCC2=O)c1. The fourth-order valence-electron chi connectivity index (χ4n) is 1.77. The Bertz CT molecular complexity index is 488. The summed E-state index contributed by atoms with van der Waals surface area (Å²) in [7, 11) is 0. The highest BCUT2D eigenvalue weighted by Crippen LogP contribution is 2.17. The van der Waals surface area contributed by atoms with Gasteiger partial charge in [0.05, 0.1) is 11.6 Å². The molecule has 2 rings (SSSR count). The maximum atomic E-state index is 11.9. The zero-order valence-electron chi connectivity index (χ0n) is 10.5. The van der Waals surface area contributed by atoms with Crippen LogP contribution >= 0.6 is 11.8 Å². The largest absolute Gasteiger partial charge is 0.324 e. The molecular weight excluding hydrogens is 248 g/mol. The first kappa shape index (κ1) is 13.0. The van der Waals surface area contributed by atoms with Crippen LogP contribution in [0, 0.1) is 13.8 Å². The Labute approximate surface area is 111 Å². The molecule has 96 valence electrons. The molecule has 0 spiro atoms. The molecule has 1 aromatic carbocycles. The number of amides is 2. The van der Waals surface area contributed by atoms with Crippen LogP contribution in [0.4, 0.5) is 5.69 Å². The smallest absolute Gasteiger partial charge is 0.244 e. The average Bonchev–Trinajstić information content (AvgIpc) is 2.70. The van der Waals surface area contributed by atoms with Gasteiger partial charge >= 0.3 is 0 Å². The molecule has 0 aromatic heterocycles. The lowest BCUT2D eigenvalue weighted by atomic mass is 10.1. The Morgan fingerprint density at radius 2 is 2.22 bits per heavy atom. The Kier molecular flexibility index (Phi) is 3.91. The number of benzene rings is 1. The van der Waals surface area contributed by atoms with Crippen molar-refractivity contribution in [2.24, 2.45) is 0 Å². The van der Waals surface area contributed by atoms with E-state index in [1.54, 1.807) is 16.7 Å². The number of aryl methyl sites for hydroxylation is 2. The van der Waals surface area contributed by atoms with Crippen molar-refractivity contribution in [3.63, 3.8) is 0 Å². The van der Waals surface area contributed by atoms with E-state index in [9.17, 15) is 9.59 Å². The van der Waals surface area contributed by atoms with Crippen LogP contribution in [0.1, 0.15) is 11.1 Å². The minimum Gasteiger partial charge on any atom is -0.324 e. The lowest BCUT2D eigenvalue weighted by Gasteiger charge is -2.15. The molecule has 0 atom stereocenters. The molecule has 5 heteroatoms. The van der Waals surface area contributed by atoms with Gasteiger partial charge in [0.15, 0.2) is 0 Å². The standard InChI is InChI=1S/C13H16N2O2S/c1-9-3-4-10(2)11(5-9)14-12(16)6-15-8-18-7-13(15)17/h3-5H,6-8H2,1-2H3,(H,14,16). The number of thioether (sulfide) groups is 1. The van der Waals surface area contributed by atoms with Gasteiger partial charge in [-0.25, -0.2) is 0 Å². The van der Waals surface area contributed by atoms with Crippen molar-refractivity contribution in [3.8, 4) is 0 Å². The highest BCUT2D eigenvalue weighted by molar-refractivity contribution is 8.00. The minimum absolute atomic E-state index is 0.0381. The summed E-state index contributed by atoms with van der Waals surface area (Å²) in [5, 5.41) is 2.86. The van der Waals surface area contributed by atoms with Crippen LogP contribution in [0.5, 0.6) is 0 Å². The molecule has 18 heavy (non-hydrogen) atoms. The zero-order valence-corrected chi connectivity index (χ0v) is 11.3. The second kappa shape index (κ2) is 5.44. The lowest BCUT2D eigenvalue weighted by molar-refractivity contribution is -0.130. The number of hydrogen-bond acceptors (Lipinski definition) is 3. The van der Waals surface area contributed by atoms with Crippen LogP contribution in [-0.2, 0) is 9.59 Å². The normalized spacial score (nSPS) is 15.0. The molecule has 2 amide bonds. The van der Waals surface area contributed by atoms with Crippen molar-refractivity contribution in [3.05, 3.63) is 29.3 Å². The Morgan fingerprint density at radius 1 is 1.44 bits per heavy atom. The molecule has 1 aliphatic heterocycles. The van der Waals surface area contributed by atoms with Gasteiger partial charge in [-0.3, -0.25) is 9.59 Å². The monoisotopic (exact) mass is 264 g/mol.